The Morgan fingerprint density at radius 2 is 2.07 bits per heavy atom. The van der Waals surface area contributed by atoms with Crippen LogP contribution < -0.4 is 10.1 Å². The maximum absolute atomic E-state index is 12.1. The van der Waals surface area contributed by atoms with Crippen molar-refractivity contribution in [3.05, 3.63) is 54.1 Å². The second kappa shape index (κ2) is 8.26. The van der Waals surface area contributed by atoms with Crippen LogP contribution in [-0.2, 0) is 4.79 Å². The van der Waals surface area contributed by atoms with Crippen LogP contribution in [0.4, 0.5) is 13.2 Å². The van der Waals surface area contributed by atoms with Crippen molar-refractivity contribution >= 4 is 17.5 Å². The molecule has 0 saturated carbocycles. The summed E-state index contributed by atoms with van der Waals surface area (Å²) < 4.78 is 43.0. The summed E-state index contributed by atoms with van der Waals surface area (Å²) >= 11 is 6.17. The molecule has 0 fully saturated rings. The van der Waals surface area contributed by atoms with Gasteiger partial charge in [-0.25, -0.2) is 14.6 Å². The lowest BCUT2D eigenvalue weighted by atomic mass is 10.1. The molecule has 0 atom stereocenters. The van der Waals surface area contributed by atoms with Crippen LogP contribution in [0.2, 0.25) is 5.02 Å². The summed E-state index contributed by atoms with van der Waals surface area (Å²) in [6.07, 6.45) is 1.79. The first-order chi connectivity index (χ1) is 13.3. The number of amides is 1. The van der Waals surface area contributed by atoms with Crippen molar-refractivity contribution in [3.63, 3.8) is 0 Å². The van der Waals surface area contributed by atoms with Gasteiger partial charge in [-0.05, 0) is 18.2 Å². The normalized spacial score (nSPS) is 11.3. The molecular formula is C17H13ClF3N5O2. The van der Waals surface area contributed by atoms with Crippen molar-refractivity contribution in [2.24, 2.45) is 0 Å². The Balaban J connectivity index is 1.69. The highest BCUT2D eigenvalue weighted by molar-refractivity contribution is 6.33. The molecular weight excluding hydrogens is 399 g/mol. The molecule has 1 N–H and O–H groups in total. The van der Waals surface area contributed by atoms with Gasteiger partial charge in [0.15, 0.2) is 12.4 Å². The Labute approximate surface area is 162 Å². The van der Waals surface area contributed by atoms with Gasteiger partial charge in [-0.15, -0.1) is 0 Å². The van der Waals surface area contributed by atoms with E-state index < -0.39 is 25.2 Å². The van der Waals surface area contributed by atoms with Crippen molar-refractivity contribution in [2.45, 2.75) is 6.18 Å². The first kappa shape index (κ1) is 19.6. The lowest BCUT2D eigenvalue weighted by Gasteiger charge is -2.10. The number of nitrogens with zero attached hydrogens (tertiary/aromatic N) is 4. The zero-order valence-corrected chi connectivity index (χ0v) is 14.9. The molecule has 0 aliphatic rings. The molecule has 0 aliphatic carbocycles. The van der Waals surface area contributed by atoms with Crippen molar-refractivity contribution in [1.82, 2.24) is 25.1 Å². The number of rotatable bonds is 6. The number of carbonyl (C=O) groups is 1. The fourth-order valence-corrected chi connectivity index (χ4v) is 2.41. The number of alkyl halides is 3. The van der Waals surface area contributed by atoms with Crippen molar-refractivity contribution in [3.8, 4) is 22.8 Å². The highest BCUT2D eigenvalue weighted by Crippen LogP contribution is 2.29. The van der Waals surface area contributed by atoms with Gasteiger partial charge >= 0.3 is 6.18 Å². The zero-order valence-electron chi connectivity index (χ0n) is 14.2. The summed E-state index contributed by atoms with van der Waals surface area (Å²) in [6, 6.07) is 6.75. The minimum atomic E-state index is -4.49. The van der Waals surface area contributed by atoms with Crippen LogP contribution in [0.5, 0.6) is 5.88 Å². The number of pyridine rings is 2. The van der Waals surface area contributed by atoms with Crippen LogP contribution in [0.15, 0.2) is 49.1 Å². The molecule has 11 heteroatoms. The summed E-state index contributed by atoms with van der Waals surface area (Å²) in [5.74, 6) is -0.268. The number of aromatic nitrogens is 4. The number of hydrogen-bond acceptors (Lipinski definition) is 5. The lowest BCUT2D eigenvalue weighted by Crippen LogP contribution is -2.36. The maximum Gasteiger partial charge on any atom is 0.405 e. The van der Waals surface area contributed by atoms with E-state index in [0.29, 0.717) is 22.0 Å². The summed E-state index contributed by atoms with van der Waals surface area (Å²) in [5.41, 5.74) is 1.21. The van der Waals surface area contributed by atoms with Crippen molar-refractivity contribution in [1.29, 1.82) is 0 Å². The monoisotopic (exact) mass is 411 g/mol. The quantitative estimate of drug-likeness (QED) is 0.674. The molecule has 0 radical (unpaired) electrons. The predicted octanol–water partition coefficient (Wildman–Crippen LogP) is 3.04. The largest absolute Gasteiger partial charge is 0.468 e. The van der Waals surface area contributed by atoms with Crippen LogP contribution >= 0.6 is 11.6 Å². The Morgan fingerprint density at radius 3 is 2.71 bits per heavy atom. The van der Waals surface area contributed by atoms with Crippen LogP contribution in [0.1, 0.15) is 0 Å². The third-order valence-corrected chi connectivity index (χ3v) is 3.77. The number of ether oxygens (including phenoxy) is 1. The third-order valence-electron chi connectivity index (χ3n) is 3.47. The highest BCUT2D eigenvalue weighted by atomic mass is 35.5. The zero-order chi connectivity index (χ0) is 20.1. The first-order valence-electron chi connectivity index (χ1n) is 7.90. The van der Waals surface area contributed by atoms with Crippen LogP contribution in [0, 0.1) is 0 Å². The fourth-order valence-electron chi connectivity index (χ4n) is 2.19. The Bertz CT molecular complexity index is 946. The molecule has 0 aromatic carbocycles. The molecule has 0 saturated heterocycles. The summed E-state index contributed by atoms with van der Waals surface area (Å²) in [7, 11) is 0. The maximum atomic E-state index is 12.1. The van der Waals surface area contributed by atoms with Gasteiger partial charge in [0, 0.05) is 35.8 Å². The van der Waals surface area contributed by atoms with Gasteiger partial charge in [0.25, 0.3) is 5.91 Å². The minimum absolute atomic E-state index is 0.0395. The van der Waals surface area contributed by atoms with Crippen LogP contribution in [-0.4, -0.2) is 45.0 Å². The number of carbonyl (C=O) groups excluding carboxylic acids is 1. The van der Waals surface area contributed by atoms with E-state index in [1.54, 1.807) is 46.8 Å². The van der Waals surface area contributed by atoms with Gasteiger partial charge in [-0.3, -0.25) is 4.79 Å². The lowest BCUT2D eigenvalue weighted by molar-refractivity contribution is -0.139. The smallest absolute Gasteiger partial charge is 0.405 e. The Morgan fingerprint density at radius 1 is 1.25 bits per heavy atom. The average Bonchev–Trinajstić information content (AvgIpc) is 3.20. The van der Waals surface area contributed by atoms with Crippen LogP contribution in [0.3, 0.4) is 0 Å². The van der Waals surface area contributed by atoms with E-state index in [9.17, 15) is 18.0 Å². The van der Waals surface area contributed by atoms with E-state index in [1.807, 2.05) is 0 Å². The van der Waals surface area contributed by atoms with E-state index in [0.717, 1.165) is 0 Å². The molecule has 0 aliphatic heterocycles. The summed E-state index contributed by atoms with van der Waals surface area (Å²) in [5, 5.41) is 6.11. The molecule has 3 aromatic rings. The van der Waals surface area contributed by atoms with Gasteiger partial charge in [-0.2, -0.15) is 18.3 Å². The minimum Gasteiger partial charge on any atom is -0.468 e. The van der Waals surface area contributed by atoms with E-state index in [4.69, 9.17) is 16.3 Å². The topological polar surface area (TPSA) is 81.9 Å². The number of nitrogens with one attached hydrogen (secondary N) is 1. The molecule has 0 spiro atoms. The standard InChI is InChI=1S/C17H13ClF3N5O2/c18-13-8-23-16(28-9-15(27)24-10-17(19,20)21)6-12(13)11-2-3-14(22-7-11)26-5-1-4-25-26/h1-8H,9-10H2,(H,24,27). The third kappa shape index (κ3) is 5.19. The van der Waals surface area contributed by atoms with Gasteiger partial charge in [0.2, 0.25) is 5.88 Å². The summed E-state index contributed by atoms with van der Waals surface area (Å²) in [6.45, 7) is -2.04. The average molecular weight is 412 g/mol. The molecule has 28 heavy (non-hydrogen) atoms. The first-order valence-corrected chi connectivity index (χ1v) is 8.28. The summed E-state index contributed by atoms with van der Waals surface area (Å²) in [4.78, 5) is 19.6. The molecule has 3 aromatic heterocycles. The second-order valence-electron chi connectivity index (χ2n) is 5.54. The molecule has 146 valence electrons. The Hall–Kier alpha value is -3.14. The van der Waals surface area contributed by atoms with Gasteiger partial charge in [0.05, 0.1) is 11.2 Å². The van der Waals surface area contributed by atoms with E-state index in [2.05, 4.69) is 15.1 Å². The van der Waals surface area contributed by atoms with E-state index in [1.165, 1.54) is 12.3 Å². The molecule has 0 unspecified atom stereocenters. The number of halogens is 4. The molecule has 3 rings (SSSR count). The van der Waals surface area contributed by atoms with Crippen molar-refractivity contribution in [2.75, 3.05) is 13.2 Å². The van der Waals surface area contributed by atoms with Crippen LogP contribution in [0.25, 0.3) is 16.9 Å². The molecule has 1 amide bonds. The molecule has 7 nitrogen and oxygen atoms in total. The SMILES string of the molecule is O=C(COc1cc(-c2ccc(-n3cccn3)nc2)c(Cl)cn1)NCC(F)(F)F. The van der Waals surface area contributed by atoms with E-state index >= 15 is 0 Å². The number of hydrogen-bond donors (Lipinski definition) is 1. The van der Waals surface area contributed by atoms with E-state index in [-0.39, 0.29) is 5.88 Å². The van der Waals surface area contributed by atoms with Gasteiger partial charge in [-0.1, -0.05) is 11.6 Å². The molecule has 0 bridgehead atoms. The van der Waals surface area contributed by atoms with Gasteiger partial charge < -0.3 is 10.1 Å². The van der Waals surface area contributed by atoms with Crippen molar-refractivity contribution < 1.29 is 22.7 Å². The second-order valence-corrected chi connectivity index (χ2v) is 5.95. The van der Waals surface area contributed by atoms with Gasteiger partial charge in [0.1, 0.15) is 6.54 Å². The highest BCUT2D eigenvalue weighted by Gasteiger charge is 2.27. The molecule has 3 heterocycles. The fraction of sp³-hybridized carbons (Fsp3) is 0.176. The Kier molecular flexibility index (Phi) is 5.78. The predicted molar refractivity (Wildman–Crippen MR) is 94.2 cm³/mol.